The molecule has 7 rings (SSSR count). The summed E-state index contributed by atoms with van der Waals surface area (Å²) >= 11 is 6.51. The predicted molar refractivity (Wildman–Crippen MR) is 144 cm³/mol. The molecule has 3 aromatic heterocycles. The van der Waals surface area contributed by atoms with Gasteiger partial charge in [-0.15, -0.1) is 0 Å². The Hall–Kier alpha value is -3.47. The number of fused-ring (bicyclic) bond motifs is 2. The number of halogens is 1. The summed E-state index contributed by atoms with van der Waals surface area (Å²) in [5, 5.41) is 0.843. The van der Waals surface area contributed by atoms with Crippen molar-refractivity contribution in [1.82, 2.24) is 29.4 Å². The molecule has 1 atom stereocenters. The monoisotopic (exact) mass is 551 g/mol. The molecule has 4 aliphatic rings. The van der Waals surface area contributed by atoms with Gasteiger partial charge in [-0.25, -0.2) is 29.1 Å². The number of hydrogen-bond donors (Lipinski definition) is 0. The molecule has 1 amide bonds. The van der Waals surface area contributed by atoms with Crippen LogP contribution in [0.3, 0.4) is 0 Å². The van der Waals surface area contributed by atoms with E-state index in [0.717, 1.165) is 37.1 Å². The molecule has 2 aliphatic carbocycles. The molecule has 3 fully saturated rings. The van der Waals surface area contributed by atoms with Gasteiger partial charge in [0.25, 0.3) is 0 Å². The number of piperazine rings is 1. The zero-order valence-corrected chi connectivity index (χ0v) is 22.9. The fraction of sp³-hybridized carbons (Fsp3) is 0.556. The first-order valence-electron chi connectivity index (χ1n) is 13.5. The van der Waals surface area contributed by atoms with Crippen molar-refractivity contribution in [3.05, 3.63) is 39.4 Å². The van der Waals surface area contributed by atoms with E-state index in [1.165, 1.54) is 0 Å². The summed E-state index contributed by atoms with van der Waals surface area (Å²) in [6.07, 6.45) is 5.34. The number of carbonyl (C=O) groups is 1. The van der Waals surface area contributed by atoms with Crippen LogP contribution in [0.25, 0.3) is 16.7 Å². The Bertz CT molecular complexity index is 1530. The number of anilines is 1. The van der Waals surface area contributed by atoms with E-state index in [4.69, 9.17) is 21.1 Å². The Kier molecular flexibility index (Phi) is 5.52. The summed E-state index contributed by atoms with van der Waals surface area (Å²) in [7, 11) is 0. The number of rotatable bonds is 3. The number of hydrogen-bond acceptors (Lipinski definition) is 9. The van der Waals surface area contributed by atoms with E-state index in [2.05, 4.69) is 19.9 Å². The van der Waals surface area contributed by atoms with Crippen molar-refractivity contribution >= 4 is 34.5 Å². The highest BCUT2D eigenvalue weighted by Crippen LogP contribution is 2.48. The molecule has 5 heterocycles. The minimum atomic E-state index is -0.592. The number of ether oxygens (including phenoxy) is 2. The van der Waals surface area contributed by atoms with Crippen LogP contribution in [-0.2, 0) is 4.74 Å². The maximum atomic E-state index is 13.9. The van der Waals surface area contributed by atoms with Crippen LogP contribution in [0.4, 0.5) is 10.6 Å². The maximum absolute atomic E-state index is 13.9. The van der Waals surface area contributed by atoms with E-state index < -0.39 is 11.3 Å². The van der Waals surface area contributed by atoms with Gasteiger partial charge in [0.05, 0.1) is 23.1 Å². The van der Waals surface area contributed by atoms with Crippen molar-refractivity contribution in [2.75, 3.05) is 31.1 Å². The first kappa shape index (κ1) is 24.6. The van der Waals surface area contributed by atoms with Gasteiger partial charge in [-0.3, -0.25) is 0 Å². The summed E-state index contributed by atoms with van der Waals surface area (Å²) in [5.74, 6) is 1.59. The van der Waals surface area contributed by atoms with Gasteiger partial charge in [0.2, 0.25) is 0 Å². The van der Waals surface area contributed by atoms with Crippen LogP contribution >= 0.6 is 11.6 Å². The number of nitrogens with zero attached hydrogens (tertiary/aromatic N) is 7. The molecule has 0 spiro atoms. The highest BCUT2D eigenvalue weighted by molar-refractivity contribution is 6.30. The fourth-order valence-electron chi connectivity index (χ4n) is 5.56. The zero-order valence-electron chi connectivity index (χ0n) is 22.2. The van der Waals surface area contributed by atoms with Gasteiger partial charge < -0.3 is 19.3 Å². The number of aromatic nitrogens is 5. The Morgan fingerprint density at radius 3 is 2.41 bits per heavy atom. The van der Waals surface area contributed by atoms with Gasteiger partial charge in [0, 0.05) is 37.5 Å². The van der Waals surface area contributed by atoms with Gasteiger partial charge in [0.15, 0.2) is 5.65 Å². The van der Waals surface area contributed by atoms with E-state index in [0.29, 0.717) is 47.9 Å². The van der Waals surface area contributed by atoms with Gasteiger partial charge in [-0.2, -0.15) is 4.98 Å². The van der Waals surface area contributed by atoms with Crippen molar-refractivity contribution in [2.45, 2.75) is 69.9 Å². The Labute approximate surface area is 230 Å². The molecule has 11 nitrogen and oxygen atoms in total. The smallest absolute Gasteiger partial charge is 0.410 e. The molecule has 0 unspecified atom stereocenters. The molecule has 2 aliphatic heterocycles. The molecular weight excluding hydrogens is 522 g/mol. The molecule has 1 saturated heterocycles. The van der Waals surface area contributed by atoms with Gasteiger partial charge in [0.1, 0.15) is 40.6 Å². The van der Waals surface area contributed by atoms with Crippen LogP contribution in [0.1, 0.15) is 69.7 Å². The summed E-state index contributed by atoms with van der Waals surface area (Å²) in [6, 6.07) is 1.44. The van der Waals surface area contributed by atoms with Gasteiger partial charge in [-0.05, 0) is 46.5 Å². The summed E-state index contributed by atoms with van der Waals surface area (Å²) in [4.78, 5) is 49.0. The van der Waals surface area contributed by atoms with Gasteiger partial charge >= 0.3 is 11.8 Å². The van der Waals surface area contributed by atoms with Crippen molar-refractivity contribution in [2.24, 2.45) is 0 Å². The molecule has 0 aromatic carbocycles. The van der Waals surface area contributed by atoms with E-state index in [9.17, 15) is 9.59 Å². The number of amides is 1. The predicted octanol–water partition coefficient (Wildman–Crippen LogP) is 3.80. The summed E-state index contributed by atoms with van der Waals surface area (Å²) in [6.45, 7) is 7.10. The number of carbonyl (C=O) groups excluding carboxylic acids is 1. The molecular formula is C27H30ClN7O4. The van der Waals surface area contributed by atoms with Crippen molar-refractivity contribution < 1.29 is 14.3 Å². The van der Waals surface area contributed by atoms with Crippen LogP contribution in [0.2, 0.25) is 5.15 Å². The molecule has 2 saturated carbocycles. The van der Waals surface area contributed by atoms with E-state index >= 15 is 0 Å². The lowest BCUT2D eigenvalue weighted by atomic mass is 10.1. The van der Waals surface area contributed by atoms with E-state index in [1.54, 1.807) is 21.9 Å². The molecule has 0 N–H and O–H groups in total. The fourth-order valence-corrected chi connectivity index (χ4v) is 5.74. The maximum Gasteiger partial charge on any atom is 0.410 e. The standard InChI is InChI=1S/C27H30ClN7O4/c1-27(2,3)39-26(37)33-8-9-34-16(11-33)12-38-17-10-18(28)31-24-19(17)23(34)32-25(36)35(24)22-20(14-4-5-14)29-13-30-21(22)15-6-7-15/h10,13-16H,4-9,11-12H2,1-3H3/t16-/m1/s1. The third-order valence-electron chi connectivity index (χ3n) is 7.63. The Balaban J connectivity index is 1.36. The topological polar surface area (TPSA) is 116 Å². The molecule has 0 radical (unpaired) electrons. The molecule has 12 heteroatoms. The quantitative estimate of drug-likeness (QED) is 0.448. The summed E-state index contributed by atoms with van der Waals surface area (Å²) < 4.78 is 13.4. The van der Waals surface area contributed by atoms with Crippen LogP contribution in [0.15, 0.2) is 17.2 Å². The van der Waals surface area contributed by atoms with Crippen molar-refractivity contribution in [1.29, 1.82) is 0 Å². The minimum Gasteiger partial charge on any atom is -0.490 e. The summed E-state index contributed by atoms with van der Waals surface area (Å²) in [5.41, 5.74) is 1.78. The molecule has 39 heavy (non-hydrogen) atoms. The normalized spacial score (nSPS) is 20.9. The Morgan fingerprint density at radius 2 is 1.77 bits per heavy atom. The third-order valence-corrected chi connectivity index (χ3v) is 7.82. The molecule has 3 aromatic rings. The minimum absolute atomic E-state index is 0.218. The second kappa shape index (κ2) is 8.77. The van der Waals surface area contributed by atoms with E-state index in [1.807, 2.05) is 25.7 Å². The largest absolute Gasteiger partial charge is 0.490 e. The van der Waals surface area contributed by atoms with Crippen LogP contribution in [0.5, 0.6) is 5.75 Å². The molecule has 0 bridgehead atoms. The lowest BCUT2D eigenvalue weighted by Crippen LogP contribution is -2.57. The van der Waals surface area contributed by atoms with Crippen molar-refractivity contribution in [3.63, 3.8) is 0 Å². The zero-order chi connectivity index (χ0) is 27.1. The SMILES string of the molecule is CC(C)(C)OC(=O)N1CCN2c3nc(=O)n(-c4c(C5CC5)ncnc4C4CC4)c4nc(Cl)cc(c34)OC[C@H]2C1. The lowest BCUT2D eigenvalue weighted by molar-refractivity contribution is 0.0202. The van der Waals surface area contributed by atoms with Crippen LogP contribution in [-0.4, -0.2) is 73.4 Å². The number of pyridine rings is 1. The van der Waals surface area contributed by atoms with Crippen molar-refractivity contribution in [3.8, 4) is 11.4 Å². The van der Waals surface area contributed by atoms with Gasteiger partial charge in [-0.1, -0.05) is 11.6 Å². The average molecular weight is 552 g/mol. The highest BCUT2D eigenvalue weighted by Gasteiger charge is 2.39. The van der Waals surface area contributed by atoms with Crippen LogP contribution < -0.4 is 15.3 Å². The molecule has 204 valence electrons. The first-order valence-corrected chi connectivity index (χ1v) is 13.9. The van der Waals surface area contributed by atoms with E-state index in [-0.39, 0.29) is 35.7 Å². The highest BCUT2D eigenvalue weighted by atomic mass is 35.5. The second-order valence-corrected chi connectivity index (χ2v) is 12.2. The average Bonchev–Trinajstić information content (AvgIpc) is 3.78. The Morgan fingerprint density at radius 1 is 1.08 bits per heavy atom. The third kappa shape index (κ3) is 4.36. The first-order chi connectivity index (χ1) is 18.7. The van der Waals surface area contributed by atoms with Crippen LogP contribution in [0, 0.1) is 0 Å². The second-order valence-electron chi connectivity index (χ2n) is 11.8. The lowest BCUT2D eigenvalue weighted by Gasteiger charge is -2.41.